The zero-order valence-electron chi connectivity index (χ0n) is 7.76. The third-order valence-electron chi connectivity index (χ3n) is 1.93. The molecule has 0 saturated heterocycles. The lowest BCUT2D eigenvalue weighted by atomic mass is 10.4. The number of hydrogen-bond donors (Lipinski definition) is 0. The number of rotatable bonds is 2. The average Bonchev–Trinajstić information content (AvgIpc) is 2.21. The van der Waals surface area contributed by atoms with Crippen molar-refractivity contribution in [2.75, 3.05) is 0 Å². The number of hydrogen-bond acceptors (Lipinski definition) is 0. The van der Waals surface area contributed by atoms with Gasteiger partial charge in [-0.25, -0.2) is 0 Å². The Morgan fingerprint density at radius 2 is 0.929 bits per heavy atom. The van der Waals surface area contributed by atoms with Crippen molar-refractivity contribution in [3.05, 3.63) is 60.7 Å². The van der Waals surface area contributed by atoms with E-state index < -0.39 is 0 Å². The van der Waals surface area contributed by atoms with E-state index in [1.807, 2.05) is 0 Å². The molecule has 0 atom stereocenters. The van der Waals surface area contributed by atoms with Gasteiger partial charge in [-0.2, -0.15) is 0 Å². The lowest BCUT2D eigenvalue weighted by Crippen LogP contribution is -2.26. The maximum absolute atomic E-state index is 2.20. The first kappa shape index (κ1) is 11.3. The van der Waals surface area contributed by atoms with Gasteiger partial charge in [-0.1, -0.05) is 60.7 Å². The van der Waals surface area contributed by atoms with Gasteiger partial charge in [0.25, 0.3) is 15.2 Å². The van der Waals surface area contributed by atoms with E-state index in [4.69, 9.17) is 0 Å². The van der Waals surface area contributed by atoms with Crippen LogP contribution in [0, 0.1) is 0 Å². The SMILES string of the molecule is Cl.c1cc[c]([Al][c]2ccccc2)cc1. The van der Waals surface area contributed by atoms with Crippen LogP contribution < -0.4 is 8.85 Å². The van der Waals surface area contributed by atoms with Gasteiger partial charge in [-0.3, -0.25) is 0 Å². The Balaban J connectivity index is 0.000000980. The highest BCUT2D eigenvalue weighted by atomic mass is 35.5. The van der Waals surface area contributed by atoms with Crippen molar-refractivity contribution in [1.29, 1.82) is 0 Å². The summed E-state index contributed by atoms with van der Waals surface area (Å²) in [6, 6.07) is 21.3. The summed E-state index contributed by atoms with van der Waals surface area (Å²) in [4.78, 5) is 0. The molecule has 0 N–H and O–H groups in total. The minimum absolute atomic E-state index is 0. The quantitative estimate of drug-likeness (QED) is 0.673. The van der Waals surface area contributed by atoms with E-state index in [9.17, 15) is 0 Å². The molecule has 0 nitrogen and oxygen atoms in total. The van der Waals surface area contributed by atoms with Crippen molar-refractivity contribution in [3.8, 4) is 0 Å². The van der Waals surface area contributed by atoms with Crippen molar-refractivity contribution in [2.24, 2.45) is 0 Å². The molecule has 0 aliphatic carbocycles. The number of benzene rings is 2. The van der Waals surface area contributed by atoms with Crippen molar-refractivity contribution >= 4 is 36.5 Å². The van der Waals surface area contributed by atoms with E-state index >= 15 is 0 Å². The fourth-order valence-electron chi connectivity index (χ4n) is 1.29. The van der Waals surface area contributed by atoms with Gasteiger partial charge in [-0.15, -0.1) is 21.3 Å². The smallest absolute Gasteiger partial charge is 0.147 e. The zero-order valence-corrected chi connectivity index (χ0v) is 9.73. The average molecular weight is 218 g/mol. The molecule has 0 fully saturated rings. The molecule has 69 valence electrons. The summed E-state index contributed by atoms with van der Waals surface area (Å²) in [5.41, 5.74) is 0. The van der Waals surface area contributed by atoms with Crippen LogP contribution in [0.25, 0.3) is 0 Å². The molecule has 0 unspecified atom stereocenters. The molecule has 0 aliphatic heterocycles. The summed E-state index contributed by atoms with van der Waals surface area (Å²) in [5, 5.41) is 0. The van der Waals surface area contributed by atoms with Crippen LogP contribution in [0.1, 0.15) is 0 Å². The molecular weight excluding hydrogens is 207 g/mol. The third kappa shape index (κ3) is 3.20. The Morgan fingerprint density at radius 3 is 1.29 bits per heavy atom. The minimum atomic E-state index is 0. The molecule has 14 heavy (non-hydrogen) atoms. The fraction of sp³-hybridized carbons (Fsp3) is 0. The molecule has 0 spiro atoms. The molecular formula is C12H11AlCl. The molecule has 0 heterocycles. The van der Waals surface area contributed by atoms with Gasteiger partial charge >= 0.3 is 0 Å². The van der Waals surface area contributed by atoms with Crippen LogP contribution in [0.4, 0.5) is 0 Å². The predicted octanol–water partition coefficient (Wildman–Crippen LogP) is 1.76. The summed E-state index contributed by atoms with van der Waals surface area (Å²) >= 11 is 0.271. The van der Waals surface area contributed by atoms with E-state index in [1.165, 1.54) is 8.85 Å². The highest BCUT2D eigenvalue weighted by Gasteiger charge is 1.96. The van der Waals surface area contributed by atoms with E-state index in [0.29, 0.717) is 0 Å². The van der Waals surface area contributed by atoms with E-state index in [0.717, 1.165) is 0 Å². The van der Waals surface area contributed by atoms with Crippen LogP contribution in [0.15, 0.2) is 60.7 Å². The van der Waals surface area contributed by atoms with Gasteiger partial charge in [0.15, 0.2) is 0 Å². The molecule has 0 aliphatic rings. The molecule has 0 amide bonds. The van der Waals surface area contributed by atoms with Crippen LogP contribution in [-0.2, 0) is 0 Å². The summed E-state index contributed by atoms with van der Waals surface area (Å²) in [7, 11) is 0. The molecule has 2 heteroatoms. The first-order valence-electron chi connectivity index (χ1n) is 4.40. The Labute approximate surface area is 97.1 Å². The minimum Gasteiger partial charge on any atom is -0.147 e. The van der Waals surface area contributed by atoms with Gasteiger partial charge in [0.2, 0.25) is 0 Å². The van der Waals surface area contributed by atoms with Gasteiger partial charge in [0, 0.05) is 0 Å². The van der Waals surface area contributed by atoms with Crippen LogP contribution >= 0.6 is 12.4 Å². The molecule has 2 aromatic rings. The molecule has 0 aromatic heterocycles. The topological polar surface area (TPSA) is 0 Å². The van der Waals surface area contributed by atoms with Crippen LogP contribution in [0.3, 0.4) is 0 Å². The highest BCUT2D eigenvalue weighted by molar-refractivity contribution is 6.67. The van der Waals surface area contributed by atoms with Gasteiger partial charge in [0.1, 0.15) is 0 Å². The van der Waals surface area contributed by atoms with Crippen molar-refractivity contribution in [2.45, 2.75) is 0 Å². The van der Waals surface area contributed by atoms with Gasteiger partial charge in [0.05, 0.1) is 0 Å². The van der Waals surface area contributed by atoms with Crippen LogP contribution in [0.2, 0.25) is 0 Å². The third-order valence-corrected chi connectivity index (χ3v) is 3.37. The lowest BCUT2D eigenvalue weighted by molar-refractivity contribution is 1.75. The van der Waals surface area contributed by atoms with E-state index in [1.54, 1.807) is 0 Å². The van der Waals surface area contributed by atoms with Gasteiger partial charge in [-0.05, 0) is 0 Å². The molecule has 0 bridgehead atoms. The standard InChI is InChI=1S/2C6H5.Al.ClH/c2*1-2-4-6-5-3-1;;/h2*1-5H;;1H. The zero-order chi connectivity index (χ0) is 8.93. The first-order valence-corrected chi connectivity index (χ1v) is 5.55. The highest BCUT2D eigenvalue weighted by Crippen LogP contribution is 1.84. The maximum atomic E-state index is 2.20. The summed E-state index contributed by atoms with van der Waals surface area (Å²) in [6.45, 7) is 0. The van der Waals surface area contributed by atoms with E-state index in [-0.39, 0.29) is 27.6 Å². The Kier molecular flexibility index (Phi) is 4.76. The van der Waals surface area contributed by atoms with Crippen LogP contribution in [0.5, 0.6) is 0 Å². The monoisotopic (exact) mass is 217 g/mol. The van der Waals surface area contributed by atoms with Gasteiger partial charge < -0.3 is 0 Å². The van der Waals surface area contributed by atoms with Crippen molar-refractivity contribution in [1.82, 2.24) is 0 Å². The molecule has 2 rings (SSSR count). The Morgan fingerprint density at radius 1 is 0.571 bits per heavy atom. The van der Waals surface area contributed by atoms with Crippen molar-refractivity contribution in [3.63, 3.8) is 0 Å². The Hall–Kier alpha value is -0.738. The van der Waals surface area contributed by atoms with E-state index in [2.05, 4.69) is 60.7 Å². The first-order chi connectivity index (χ1) is 6.45. The second-order valence-corrected chi connectivity index (χ2v) is 4.59. The lowest BCUT2D eigenvalue weighted by Gasteiger charge is -1.98. The van der Waals surface area contributed by atoms with Crippen molar-refractivity contribution < 1.29 is 0 Å². The molecule has 1 radical (unpaired) electrons. The normalized spacial score (nSPS) is 8.86. The largest absolute Gasteiger partial charge is 0.298 e. The van der Waals surface area contributed by atoms with Crippen LogP contribution in [-0.4, -0.2) is 15.2 Å². The molecule has 2 aromatic carbocycles. The maximum Gasteiger partial charge on any atom is 0.298 e. The predicted molar refractivity (Wildman–Crippen MR) is 65.2 cm³/mol. The molecule has 0 saturated carbocycles. The second kappa shape index (κ2) is 5.88. The summed E-state index contributed by atoms with van der Waals surface area (Å²) in [5.74, 6) is 0. The number of halogens is 1. The Bertz CT molecular complexity index is 321. The summed E-state index contributed by atoms with van der Waals surface area (Å²) < 4.78 is 2.90. The fourth-order valence-corrected chi connectivity index (χ4v) is 2.51. The second-order valence-electron chi connectivity index (χ2n) is 2.97. The summed E-state index contributed by atoms with van der Waals surface area (Å²) in [6.07, 6.45) is 0.